The van der Waals surface area contributed by atoms with Crippen molar-refractivity contribution in [2.75, 3.05) is 5.32 Å². The SMILES string of the molecule is CC(C)c1cccc2c1NC(c1nc(-c3cc(Cl)cc(Cl)c3)no1)c1ccccc1C2C. The number of hydrogen-bond acceptors (Lipinski definition) is 4. The minimum Gasteiger partial charge on any atom is -0.370 e. The number of halogens is 2. The first kappa shape index (κ1) is 21.0. The highest BCUT2D eigenvalue weighted by Crippen LogP contribution is 2.44. The molecule has 0 saturated heterocycles. The number of nitrogens with one attached hydrogen (secondary N) is 1. The zero-order valence-electron chi connectivity index (χ0n) is 18.1. The van der Waals surface area contributed by atoms with Gasteiger partial charge in [0.15, 0.2) is 0 Å². The van der Waals surface area contributed by atoms with Gasteiger partial charge in [0.2, 0.25) is 5.82 Å². The molecular formula is C26H23Cl2N3O. The van der Waals surface area contributed by atoms with Crippen LogP contribution in [0.25, 0.3) is 11.4 Å². The maximum absolute atomic E-state index is 6.18. The molecule has 1 aliphatic heterocycles. The first-order valence-electron chi connectivity index (χ1n) is 10.7. The lowest BCUT2D eigenvalue weighted by molar-refractivity contribution is 0.372. The van der Waals surface area contributed by atoms with Crippen LogP contribution in [-0.4, -0.2) is 10.1 Å². The average molecular weight is 464 g/mol. The van der Waals surface area contributed by atoms with Gasteiger partial charge in [-0.05, 0) is 46.4 Å². The molecule has 5 rings (SSSR count). The molecule has 1 aromatic heterocycles. The van der Waals surface area contributed by atoms with Gasteiger partial charge in [-0.25, -0.2) is 0 Å². The van der Waals surface area contributed by atoms with Crippen LogP contribution in [0.1, 0.15) is 66.8 Å². The Morgan fingerprint density at radius 2 is 1.59 bits per heavy atom. The lowest BCUT2D eigenvalue weighted by Crippen LogP contribution is -2.14. The van der Waals surface area contributed by atoms with Crippen LogP contribution in [0.5, 0.6) is 0 Å². The van der Waals surface area contributed by atoms with E-state index >= 15 is 0 Å². The van der Waals surface area contributed by atoms with Gasteiger partial charge in [-0.3, -0.25) is 0 Å². The molecule has 1 N–H and O–H groups in total. The highest BCUT2D eigenvalue weighted by atomic mass is 35.5. The molecule has 0 saturated carbocycles. The van der Waals surface area contributed by atoms with Crippen molar-refractivity contribution in [2.24, 2.45) is 0 Å². The molecule has 32 heavy (non-hydrogen) atoms. The van der Waals surface area contributed by atoms with E-state index in [2.05, 4.69) is 67.6 Å². The van der Waals surface area contributed by atoms with Gasteiger partial charge in [0.1, 0.15) is 6.04 Å². The molecule has 2 unspecified atom stereocenters. The van der Waals surface area contributed by atoms with Crippen LogP contribution in [0.2, 0.25) is 10.0 Å². The van der Waals surface area contributed by atoms with Crippen LogP contribution in [0.4, 0.5) is 5.69 Å². The number of benzene rings is 3. The largest absolute Gasteiger partial charge is 0.370 e. The van der Waals surface area contributed by atoms with Crippen molar-refractivity contribution in [1.29, 1.82) is 0 Å². The van der Waals surface area contributed by atoms with E-state index in [1.54, 1.807) is 18.2 Å². The Bertz CT molecular complexity index is 1280. The number of anilines is 1. The summed E-state index contributed by atoms with van der Waals surface area (Å²) in [5.74, 6) is 1.56. The minimum absolute atomic E-state index is 0.228. The Hall–Kier alpha value is -2.82. The highest BCUT2D eigenvalue weighted by molar-refractivity contribution is 6.35. The summed E-state index contributed by atoms with van der Waals surface area (Å²) in [5, 5.41) is 9.05. The highest BCUT2D eigenvalue weighted by Gasteiger charge is 2.32. The summed E-state index contributed by atoms with van der Waals surface area (Å²) in [6, 6.07) is 19.9. The molecule has 162 valence electrons. The van der Waals surface area contributed by atoms with Crippen molar-refractivity contribution >= 4 is 28.9 Å². The van der Waals surface area contributed by atoms with E-state index in [9.17, 15) is 0 Å². The van der Waals surface area contributed by atoms with Gasteiger partial charge in [0.25, 0.3) is 5.89 Å². The third-order valence-corrected chi connectivity index (χ3v) is 6.53. The summed E-state index contributed by atoms with van der Waals surface area (Å²) >= 11 is 12.4. The Morgan fingerprint density at radius 1 is 0.906 bits per heavy atom. The number of nitrogens with zero attached hydrogens (tertiary/aromatic N) is 2. The summed E-state index contributed by atoms with van der Waals surface area (Å²) in [5.41, 5.74) is 6.78. The van der Waals surface area contributed by atoms with E-state index in [-0.39, 0.29) is 12.0 Å². The predicted molar refractivity (Wildman–Crippen MR) is 130 cm³/mol. The van der Waals surface area contributed by atoms with E-state index in [0.29, 0.717) is 27.7 Å². The van der Waals surface area contributed by atoms with Gasteiger partial charge < -0.3 is 9.84 Å². The summed E-state index contributed by atoms with van der Waals surface area (Å²) in [7, 11) is 0. The molecule has 0 radical (unpaired) electrons. The molecule has 4 aromatic rings. The van der Waals surface area contributed by atoms with Crippen LogP contribution in [0.15, 0.2) is 65.2 Å². The monoisotopic (exact) mass is 463 g/mol. The predicted octanol–water partition coefficient (Wildman–Crippen LogP) is 7.83. The Morgan fingerprint density at radius 3 is 2.31 bits per heavy atom. The first-order valence-corrected chi connectivity index (χ1v) is 11.5. The van der Waals surface area contributed by atoms with Gasteiger partial charge in [-0.1, -0.05) is 91.6 Å². The van der Waals surface area contributed by atoms with Crippen LogP contribution < -0.4 is 5.32 Å². The van der Waals surface area contributed by atoms with Crippen molar-refractivity contribution in [1.82, 2.24) is 10.1 Å². The van der Waals surface area contributed by atoms with E-state index in [4.69, 9.17) is 32.7 Å². The first-order chi connectivity index (χ1) is 15.4. The molecule has 0 spiro atoms. The van der Waals surface area contributed by atoms with Gasteiger partial charge in [-0.2, -0.15) is 4.98 Å². The molecule has 0 bridgehead atoms. The van der Waals surface area contributed by atoms with Crippen molar-refractivity contribution in [3.63, 3.8) is 0 Å². The second-order valence-corrected chi connectivity index (χ2v) is 9.38. The molecule has 6 heteroatoms. The number of aromatic nitrogens is 2. The van der Waals surface area contributed by atoms with Crippen molar-refractivity contribution in [2.45, 2.75) is 38.6 Å². The molecule has 0 fully saturated rings. The van der Waals surface area contributed by atoms with Gasteiger partial charge in [-0.15, -0.1) is 0 Å². The fourth-order valence-electron chi connectivity index (χ4n) is 4.50. The third-order valence-electron chi connectivity index (χ3n) is 6.09. The van der Waals surface area contributed by atoms with Crippen molar-refractivity contribution in [3.8, 4) is 11.4 Å². The average Bonchev–Trinajstić information content (AvgIpc) is 3.22. The normalized spacial score (nSPS) is 17.4. The third kappa shape index (κ3) is 3.68. The number of fused-ring (bicyclic) bond motifs is 2. The minimum atomic E-state index is -0.272. The number of hydrogen-bond donors (Lipinski definition) is 1. The Labute approximate surface area is 197 Å². The topological polar surface area (TPSA) is 51.0 Å². The van der Waals surface area contributed by atoms with Gasteiger partial charge in [0.05, 0.1) is 0 Å². The van der Waals surface area contributed by atoms with Crippen molar-refractivity contribution in [3.05, 3.63) is 98.9 Å². The summed E-state index contributed by atoms with van der Waals surface area (Å²) < 4.78 is 5.79. The molecule has 0 aliphatic carbocycles. The maximum atomic E-state index is 6.18. The van der Waals surface area contributed by atoms with E-state index < -0.39 is 0 Å². The van der Waals surface area contributed by atoms with E-state index in [1.807, 2.05) is 6.07 Å². The second kappa shape index (κ2) is 8.27. The van der Waals surface area contributed by atoms with Crippen LogP contribution in [0.3, 0.4) is 0 Å². The van der Waals surface area contributed by atoms with Crippen LogP contribution in [-0.2, 0) is 0 Å². The quantitative estimate of drug-likeness (QED) is 0.336. The molecule has 3 aromatic carbocycles. The number of rotatable bonds is 3. The molecular weight excluding hydrogens is 441 g/mol. The Balaban J connectivity index is 1.66. The van der Waals surface area contributed by atoms with Crippen LogP contribution >= 0.6 is 23.2 Å². The molecule has 2 heterocycles. The summed E-state index contributed by atoms with van der Waals surface area (Å²) in [6.07, 6.45) is 0. The standard InChI is InChI=1S/C26H23Cl2N3O/c1-14(2)19-9-6-10-21-15(3)20-7-4-5-8-22(20)24(29-23(19)21)26-30-25(31-32-26)16-11-17(27)13-18(28)12-16/h4-15,24,29H,1-3H3. The fourth-order valence-corrected chi connectivity index (χ4v) is 5.03. The van der Waals surface area contributed by atoms with Crippen molar-refractivity contribution < 1.29 is 4.52 Å². The molecule has 1 aliphatic rings. The lowest BCUT2D eigenvalue weighted by Gasteiger charge is -2.21. The second-order valence-electron chi connectivity index (χ2n) is 8.51. The van der Waals surface area contributed by atoms with Gasteiger partial charge >= 0.3 is 0 Å². The molecule has 0 amide bonds. The summed E-state index contributed by atoms with van der Waals surface area (Å²) in [6.45, 7) is 6.67. The molecule has 4 nitrogen and oxygen atoms in total. The zero-order chi connectivity index (χ0) is 22.4. The number of para-hydroxylation sites is 1. The van der Waals surface area contributed by atoms with E-state index in [1.165, 1.54) is 16.7 Å². The Kier molecular flexibility index (Phi) is 5.44. The van der Waals surface area contributed by atoms with Gasteiger partial charge in [0, 0.05) is 27.2 Å². The summed E-state index contributed by atoms with van der Waals surface area (Å²) in [4.78, 5) is 4.74. The molecule has 2 atom stereocenters. The smallest absolute Gasteiger partial charge is 0.254 e. The maximum Gasteiger partial charge on any atom is 0.254 e. The fraction of sp³-hybridized carbons (Fsp3) is 0.231. The van der Waals surface area contributed by atoms with Crippen LogP contribution in [0, 0.1) is 0 Å². The van der Waals surface area contributed by atoms with E-state index in [0.717, 1.165) is 16.8 Å². The lowest BCUT2D eigenvalue weighted by atomic mass is 9.87. The zero-order valence-corrected chi connectivity index (χ0v) is 19.6.